The number of nitrogens with zero attached hydrogens (tertiary/aromatic N) is 2. The largest absolute Gasteiger partial charge is 0.377 e. The molecule has 188 valence electrons. The van der Waals surface area contributed by atoms with E-state index >= 15 is 0 Å². The number of halogens is 2. The zero-order chi connectivity index (χ0) is 25.7. The summed E-state index contributed by atoms with van der Waals surface area (Å²) >= 11 is 0. The highest BCUT2D eigenvalue weighted by Crippen LogP contribution is 2.27. The summed E-state index contributed by atoms with van der Waals surface area (Å²) in [6, 6.07) is 16.5. The van der Waals surface area contributed by atoms with E-state index in [2.05, 4.69) is 5.32 Å². The molecule has 1 unspecified atom stereocenters. The van der Waals surface area contributed by atoms with Crippen LogP contribution in [0, 0.1) is 11.6 Å². The SMILES string of the molecule is CN(C)c1ccc(NC(=O)c2cccc(F)c2)cc1CN(CC1CCCO1)C(=O)c1cccc(F)c1. The Morgan fingerprint density at radius 3 is 2.31 bits per heavy atom. The van der Waals surface area contributed by atoms with Gasteiger partial charge >= 0.3 is 0 Å². The third-order valence-electron chi connectivity index (χ3n) is 6.07. The molecule has 6 nitrogen and oxygen atoms in total. The Kier molecular flexibility index (Phi) is 7.95. The monoisotopic (exact) mass is 493 g/mol. The van der Waals surface area contributed by atoms with E-state index in [0.717, 1.165) is 24.1 Å². The van der Waals surface area contributed by atoms with Crippen molar-refractivity contribution in [3.05, 3.63) is 95.1 Å². The highest BCUT2D eigenvalue weighted by molar-refractivity contribution is 6.04. The second-order valence-corrected chi connectivity index (χ2v) is 9.03. The van der Waals surface area contributed by atoms with E-state index in [4.69, 9.17) is 4.74 Å². The Balaban J connectivity index is 1.62. The number of carbonyl (C=O) groups excluding carboxylic acids is 2. The van der Waals surface area contributed by atoms with Crippen LogP contribution in [0.4, 0.5) is 20.2 Å². The molecule has 3 aromatic carbocycles. The fourth-order valence-electron chi connectivity index (χ4n) is 4.32. The predicted molar refractivity (Wildman–Crippen MR) is 135 cm³/mol. The molecule has 0 aromatic heterocycles. The number of benzene rings is 3. The van der Waals surface area contributed by atoms with Crippen molar-refractivity contribution in [1.82, 2.24) is 4.90 Å². The molecule has 0 radical (unpaired) electrons. The highest BCUT2D eigenvalue weighted by atomic mass is 19.1. The summed E-state index contributed by atoms with van der Waals surface area (Å²) < 4.78 is 33.2. The molecule has 0 spiro atoms. The Hall–Kier alpha value is -3.78. The summed E-state index contributed by atoms with van der Waals surface area (Å²) in [6.07, 6.45) is 1.68. The highest BCUT2D eigenvalue weighted by Gasteiger charge is 2.25. The van der Waals surface area contributed by atoms with Crippen LogP contribution in [0.15, 0.2) is 66.7 Å². The molecule has 4 rings (SSSR count). The van der Waals surface area contributed by atoms with Crippen molar-refractivity contribution in [3.63, 3.8) is 0 Å². The van der Waals surface area contributed by atoms with Crippen molar-refractivity contribution in [2.45, 2.75) is 25.5 Å². The fourth-order valence-corrected chi connectivity index (χ4v) is 4.32. The van der Waals surface area contributed by atoms with Crippen molar-refractivity contribution in [2.75, 3.05) is 37.5 Å². The summed E-state index contributed by atoms with van der Waals surface area (Å²) in [4.78, 5) is 29.7. The molecule has 36 heavy (non-hydrogen) atoms. The minimum absolute atomic E-state index is 0.0961. The lowest BCUT2D eigenvalue weighted by Gasteiger charge is -2.28. The maximum atomic E-state index is 13.9. The quantitative estimate of drug-likeness (QED) is 0.474. The summed E-state index contributed by atoms with van der Waals surface area (Å²) in [5.41, 5.74) is 2.63. The maximum Gasteiger partial charge on any atom is 0.255 e. The van der Waals surface area contributed by atoms with E-state index in [1.165, 1.54) is 42.5 Å². The fraction of sp³-hybridized carbons (Fsp3) is 0.286. The number of ether oxygens (including phenoxy) is 1. The number of hydrogen-bond donors (Lipinski definition) is 1. The average Bonchev–Trinajstić information content (AvgIpc) is 3.36. The number of hydrogen-bond acceptors (Lipinski definition) is 4. The molecule has 1 aliphatic rings. The first-order chi connectivity index (χ1) is 17.3. The molecule has 1 atom stereocenters. The first-order valence-corrected chi connectivity index (χ1v) is 11.8. The molecule has 1 fully saturated rings. The van der Waals surface area contributed by atoms with Crippen LogP contribution >= 0.6 is 0 Å². The van der Waals surface area contributed by atoms with Gasteiger partial charge in [-0.2, -0.15) is 0 Å². The number of rotatable bonds is 8. The molecule has 8 heteroatoms. The zero-order valence-electron chi connectivity index (χ0n) is 20.3. The van der Waals surface area contributed by atoms with Crippen LogP contribution in [0.2, 0.25) is 0 Å². The van der Waals surface area contributed by atoms with Gasteiger partial charge in [0.2, 0.25) is 0 Å². The van der Waals surface area contributed by atoms with Crippen LogP contribution in [-0.2, 0) is 11.3 Å². The Morgan fingerprint density at radius 1 is 0.972 bits per heavy atom. The van der Waals surface area contributed by atoms with Gasteiger partial charge in [-0.1, -0.05) is 12.1 Å². The van der Waals surface area contributed by atoms with Crippen LogP contribution in [0.5, 0.6) is 0 Å². The maximum absolute atomic E-state index is 13.9. The minimum Gasteiger partial charge on any atom is -0.377 e. The smallest absolute Gasteiger partial charge is 0.255 e. The molecule has 0 bridgehead atoms. The van der Waals surface area contributed by atoms with E-state index < -0.39 is 17.5 Å². The van der Waals surface area contributed by atoms with Gasteiger partial charge in [0.05, 0.1) is 6.10 Å². The summed E-state index contributed by atoms with van der Waals surface area (Å²) in [7, 11) is 3.78. The molecule has 2 amide bonds. The van der Waals surface area contributed by atoms with E-state index in [-0.39, 0.29) is 29.7 Å². The third kappa shape index (κ3) is 6.26. The molecule has 1 N–H and O–H groups in total. The van der Waals surface area contributed by atoms with Crippen LogP contribution in [0.1, 0.15) is 39.1 Å². The van der Waals surface area contributed by atoms with Crippen LogP contribution in [0.3, 0.4) is 0 Å². The van der Waals surface area contributed by atoms with Gasteiger partial charge in [0, 0.05) is 56.3 Å². The van der Waals surface area contributed by atoms with E-state index in [1.807, 2.05) is 25.1 Å². The standard InChI is InChI=1S/C28H29F2N3O3/c1-32(2)26-12-11-24(31-27(34)19-6-3-8-22(29)14-19)16-21(26)17-33(18-25-10-5-13-36-25)28(35)20-7-4-9-23(30)15-20/h3-4,6-9,11-12,14-16,25H,5,10,13,17-18H2,1-2H3,(H,31,34). The van der Waals surface area contributed by atoms with Gasteiger partial charge < -0.3 is 19.9 Å². The van der Waals surface area contributed by atoms with Gasteiger partial charge in [0.15, 0.2) is 0 Å². The second kappa shape index (κ2) is 11.3. The minimum atomic E-state index is -0.494. The molecule has 0 aliphatic carbocycles. The lowest BCUT2D eigenvalue weighted by molar-refractivity contribution is 0.0507. The first-order valence-electron chi connectivity index (χ1n) is 11.8. The summed E-state index contributed by atoms with van der Waals surface area (Å²) in [6.45, 7) is 1.24. The lowest BCUT2D eigenvalue weighted by atomic mass is 10.1. The molecule has 1 aliphatic heterocycles. The van der Waals surface area contributed by atoms with Crippen molar-refractivity contribution in [2.24, 2.45) is 0 Å². The van der Waals surface area contributed by atoms with Crippen molar-refractivity contribution in [3.8, 4) is 0 Å². The zero-order valence-corrected chi connectivity index (χ0v) is 20.3. The van der Waals surface area contributed by atoms with Crippen LogP contribution in [0.25, 0.3) is 0 Å². The number of carbonyl (C=O) groups is 2. The Labute approximate surface area is 209 Å². The summed E-state index contributed by atoms with van der Waals surface area (Å²) in [5.74, 6) is -1.71. The van der Waals surface area contributed by atoms with Crippen LogP contribution < -0.4 is 10.2 Å². The lowest BCUT2D eigenvalue weighted by Crippen LogP contribution is -2.37. The molecular weight excluding hydrogens is 464 g/mol. The van der Waals surface area contributed by atoms with Crippen molar-refractivity contribution < 1.29 is 23.1 Å². The number of nitrogens with one attached hydrogen (secondary N) is 1. The first kappa shape index (κ1) is 25.3. The summed E-state index contributed by atoms with van der Waals surface area (Å²) in [5, 5.41) is 2.80. The topological polar surface area (TPSA) is 61.9 Å². The molecule has 0 saturated carbocycles. The van der Waals surface area contributed by atoms with E-state index in [9.17, 15) is 18.4 Å². The van der Waals surface area contributed by atoms with Gasteiger partial charge in [-0.3, -0.25) is 9.59 Å². The third-order valence-corrected chi connectivity index (χ3v) is 6.07. The van der Waals surface area contributed by atoms with Gasteiger partial charge in [0.25, 0.3) is 11.8 Å². The molecule has 1 heterocycles. The average molecular weight is 494 g/mol. The van der Waals surface area contributed by atoms with Crippen molar-refractivity contribution >= 4 is 23.2 Å². The Bertz CT molecular complexity index is 1240. The van der Waals surface area contributed by atoms with Crippen LogP contribution in [-0.4, -0.2) is 50.1 Å². The van der Waals surface area contributed by atoms with Gasteiger partial charge in [0.1, 0.15) is 11.6 Å². The van der Waals surface area contributed by atoms with E-state index in [1.54, 1.807) is 23.1 Å². The predicted octanol–water partition coefficient (Wildman–Crippen LogP) is 5.10. The van der Waals surface area contributed by atoms with Gasteiger partial charge in [-0.25, -0.2) is 8.78 Å². The molecule has 3 aromatic rings. The van der Waals surface area contributed by atoms with Gasteiger partial charge in [-0.05, 0) is 73.0 Å². The normalized spacial score (nSPS) is 14.9. The van der Waals surface area contributed by atoms with Gasteiger partial charge in [-0.15, -0.1) is 0 Å². The molecular formula is C28H29F2N3O3. The number of amides is 2. The Morgan fingerprint density at radius 2 is 1.67 bits per heavy atom. The second-order valence-electron chi connectivity index (χ2n) is 9.03. The molecule has 1 saturated heterocycles. The van der Waals surface area contributed by atoms with Crippen molar-refractivity contribution in [1.29, 1.82) is 0 Å². The van der Waals surface area contributed by atoms with E-state index in [0.29, 0.717) is 18.8 Å². The number of anilines is 2.